The predicted molar refractivity (Wildman–Crippen MR) is 105 cm³/mol. The molecule has 0 aromatic heterocycles. The normalized spacial score (nSPS) is 16.3. The van der Waals surface area contributed by atoms with E-state index in [0.717, 1.165) is 11.4 Å². The Labute approximate surface area is 161 Å². The van der Waals surface area contributed by atoms with Gasteiger partial charge in [-0.3, -0.25) is 9.59 Å². The Kier molecular flexibility index (Phi) is 7.07. The van der Waals surface area contributed by atoms with Crippen molar-refractivity contribution in [2.24, 2.45) is 5.41 Å². The molecule has 0 aliphatic carbocycles. The van der Waals surface area contributed by atoms with Gasteiger partial charge in [-0.1, -0.05) is 20.8 Å². The molecule has 0 radical (unpaired) electrons. The molecule has 2 rings (SSSR count). The van der Waals surface area contributed by atoms with Gasteiger partial charge in [0.15, 0.2) is 0 Å². The van der Waals surface area contributed by atoms with Gasteiger partial charge in [0, 0.05) is 32.8 Å². The van der Waals surface area contributed by atoms with E-state index in [1.807, 2.05) is 11.9 Å². The van der Waals surface area contributed by atoms with E-state index in [9.17, 15) is 9.59 Å². The summed E-state index contributed by atoms with van der Waals surface area (Å²) in [5.74, 6) is 0.563. The Bertz CT molecular complexity index is 670. The fraction of sp³-hybridized carbons (Fsp3) is 0.600. The van der Waals surface area contributed by atoms with Crippen LogP contribution in [0, 0.1) is 5.41 Å². The molecular formula is C20H31N3O4. The SMILES string of the molecule is COCCNC(=O)c1ccc2c(c1)N(C)[C@H](CC(=O)NCC(C)(C)C)CO2. The van der Waals surface area contributed by atoms with E-state index < -0.39 is 0 Å². The Morgan fingerprint density at radius 2 is 2.04 bits per heavy atom. The maximum Gasteiger partial charge on any atom is 0.251 e. The first-order valence-electron chi connectivity index (χ1n) is 9.25. The average molecular weight is 377 g/mol. The van der Waals surface area contributed by atoms with Crippen molar-refractivity contribution < 1.29 is 19.1 Å². The third kappa shape index (κ3) is 6.13. The predicted octanol–water partition coefficient (Wildman–Crippen LogP) is 1.81. The van der Waals surface area contributed by atoms with Crippen molar-refractivity contribution in [3.63, 3.8) is 0 Å². The molecule has 1 aliphatic heterocycles. The number of carbonyl (C=O) groups excluding carboxylic acids is 2. The highest BCUT2D eigenvalue weighted by Gasteiger charge is 2.28. The lowest BCUT2D eigenvalue weighted by Crippen LogP contribution is -2.44. The van der Waals surface area contributed by atoms with Crippen molar-refractivity contribution in [3.8, 4) is 5.75 Å². The van der Waals surface area contributed by atoms with Gasteiger partial charge in [0.1, 0.15) is 12.4 Å². The minimum atomic E-state index is -0.159. The molecule has 1 aromatic carbocycles. The lowest BCUT2D eigenvalue weighted by atomic mass is 9.97. The van der Waals surface area contributed by atoms with Crippen molar-refractivity contribution in [2.75, 3.05) is 45.4 Å². The molecule has 150 valence electrons. The molecular weight excluding hydrogens is 346 g/mol. The Hall–Kier alpha value is -2.28. The van der Waals surface area contributed by atoms with Crippen LogP contribution in [0.4, 0.5) is 5.69 Å². The molecule has 2 amide bonds. The minimum absolute atomic E-state index is 0.00212. The van der Waals surface area contributed by atoms with Crippen molar-refractivity contribution in [1.82, 2.24) is 10.6 Å². The summed E-state index contributed by atoms with van der Waals surface area (Å²) in [6.07, 6.45) is 0.344. The third-order valence-corrected chi connectivity index (χ3v) is 4.41. The van der Waals surface area contributed by atoms with Crippen LogP contribution in [-0.4, -0.2) is 58.3 Å². The number of rotatable bonds is 7. The zero-order valence-corrected chi connectivity index (χ0v) is 16.9. The van der Waals surface area contributed by atoms with Gasteiger partial charge in [-0.2, -0.15) is 0 Å². The molecule has 0 spiro atoms. The van der Waals surface area contributed by atoms with Gasteiger partial charge >= 0.3 is 0 Å². The summed E-state index contributed by atoms with van der Waals surface area (Å²) < 4.78 is 10.8. The summed E-state index contributed by atoms with van der Waals surface area (Å²) in [7, 11) is 3.52. The largest absolute Gasteiger partial charge is 0.489 e. The summed E-state index contributed by atoms with van der Waals surface area (Å²) in [5, 5.41) is 5.78. The van der Waals surface area contributed by atoms with Gasteiger partial charge in [-0.15, -0.1) is 0 Å². The third-order valence-electron chi connectivity index (χ3n) is 4.41. The highest BCUT2D eigenvalue weighted by atomic mass is 16.5. The first-order valence-corrected chi connectivity index (χ1v) is 9.25. The molecule has 0 unspecified atom stereocenters. The van der Waals surface area contributed by atoms with Gasteiger partial charge in [0.25, 0.3) is 5.91 Å². The molecule has 0 fully saturated rings. The van der Waals surface area contributed by atoms with Crippen LogP contribution in [0.5, 0.6) is 5.75 Å². The second-order valence-electron chi connectivity index (χ2n) is 8.05. The second kappa shape index (κ2) is 9.08. The first-order chi connectivity index (χ1) is 12.7. The molecule has 1 heterocycles. The smallest absolute Gasteiger partial charge is 0.251 e. The summed E-state index contributed by atoms with van der Waals surface area (Å²) in [5.41, 5.74) is 1.41. The van der Waals surface area contributed by atoms with Gasteiger partial charge in [0.05, 0.1) is 24.8 Å². The monoisotopic (exact) mass is 377 g/mol. The summed E-state index contributed by atoms with van der Waals surface area (Å²) >= 11 is 0. The van der Waals surface area contributed by atoms with Crippen LogP contribution in [0.25, 0.3) is 0 Å². The number of hydrogen-bond donors (Lipinski definition) is 2. The topological polar surface area (TPSA) is 79.9 Å². The number of nitrogens with zero attached hydrogens (tertiary/aromatic N) is 1. The molecule has 1 aliphatic rings. The summed E-state index contributed by atoms with van der Waals surface area (Å²) in [6.45, 7) is 8.23. The minimum Gasteiger partial charge on any atom is -0.489 e. The van der Waals surface area contributed by atoms with Gasteiger partial charge < -0.3 is 25.0 Å². The fourth-order valence-electron chi connectivity index (χ4n) is 2.77. The molecule has 1 aromatic rings. The van der Waals surface area contributed by atoms with Crippen LogP contribution >= 0.6 is 0 Å². The number of hydrogen-bond acceptors (Lipinski definition) is 5. The zero-order chi connectivity index (χ0) is 20.0. The number of ether oxygens (including phenoxy) is 2. The number of anilines is 1. The molecule has 7 nitrogen and oxygen atoms in total. The lowest BCUT2D eigenvalue weighted by molar-refractivity contribution is -0.122. The molecule has 0 saturated carbocycles. The van der Waals surface area contributed by atoms with E-state index in [1.165, 1.54) is 0 Å². The summed E-state index contributed by atoms with van der Waals surface area (Å²) in [6, 6.07) is 5.26. The molecule has 27 heavy (non-hydrogen) atoms. The van der Waals surface area contributed by atoms with E-state index in [-0.39, 0.29) is 23.3 Å². The van der Waals surface area contributed by atoms with Crippen molar-refractivity contribution in [2.45, 2.75) is 33.2 Å². The van der Waals surface area contributed by atoms with Gasteiger partial charge in [0.2, 0.25) is 5.91 Å². The van der Waals surface area contributed by atoms with Crippen LogP contribution in [-0.2, 0) is 9.53 Å². The number of nitrogens with one attached hydrogen (secondary N) is 2. The van der Waals surface area contributed by atoms with Crippen molar-refractivity contribution in [3.05, 3.63) is 23.8 Å². The van der Waals surface area contributed by atoms with E-state index in [2.05, 4.69) is 31.4 Å². The Morgan fingerprint density at radius 3 is 2.70 bits per heavy atom. The molecule has 0 bridgehead atoms. The van der Waals surface area contributed by atoms with Crippen LogP contribution in [0.3, 0.4) is 0 Å². The average Bonchev–Trinajstić information content (AvgIpc) is 2.62. The molecule has 2 N–H and O–H groups in total. The molecule has 0 saturated heterocycles. The number of methoxy groups -OCH3 is 1. The second-order valence-corrected chi connectivity index (χ2v) is 8.05. The maximum absolute atomic E-state index is 12.3. The first kappa shape index (κ1) is 21.0. The highest BCUT2D eigenvalue weighted by Crippen LogP contribution is 2.34. The fourth-order valence-corrected chi connectivity index (χ4v) is 2.77. The van der Waals surface area contributed by atoms with Crippen molar-refractivity contribution in [1.29, 1.82) is 0 Å². The quantitative estimate of drug-likeness (QED) is 0.709. The van der Waals surface area contributed by atoms with Gasteiger partial charge in [-0.25, -0.2) is 0 Å². The van der Waals surface area contributed by atoms with Crippen LogP contribution in [0.15, 0.2) is 18.2 Å². The standard InChI is InChI=1S/C20H31N3O4/c1-20(2,3)13-22-18(24)11-15-12-27-17-7-6-14(10-16(17)23(15)4)19(25)21-8-9-26-5/h6-7,10,15H,8-9,11-13H2,1-5H3,(H,21,25)(H,22,24)/t15-/m1/s1. The van der Waals surface area contributed by atoms with Crippen LogP contribution in [0.1, 0.15) is 37.6 Å². The lowest BCUT2D eigenvalue weighted by Gasteiger charge is -2.36. The zero-order valence-electron chi connectivity index (χ0n) is 16.9. The van der Waals surface area contributed by atoms with Crippen molar-refractivity contribution >= 4 is 17.5 Å². The van der Waals surface area contributed by atoms with E-state index in [4.69, 9.17) is 9.47 Å². The number of benzene rings is 1. The van der Waals surface area contributed by atoms with Crippen LogP contribution < -0.4 is 20.3 Å². The summed E-state index contributed by atoms with van der Waals surface area (Å²) in [4.78, 5) is 26.5. The number of fused-ring (bicyclic) bond motifs is 1. The molecule has 7 heteroatoms. The van der Waals surface area contributed by atoms with E-state index in [0.29, 0.717) is 38.3 Å². The Balaban J connectivity index is 2.02. The maximum atomic E-state index is 12.3. The number of carbonyl (C=O) groups is 2. The number of amides is 2. The van der Waals surface area contributed by atoms with E-state index >= 15 is 0 Å². The highest BCUT2D eigenvalue weighted by molar-refractivity contribution is 5.95. The van der Waals surface area contributed by atoms with Gasteiger partial charge in [-0.05, 0) is 23.6 Å². The number of likely N-dealkylation sites (N-methyl/N-ethyl adjacent to an activating group) is 1. The van der Waals surface area contributed by atoms with E-state index in [1.54, 1.807) is 25.3 Å². The van der Waals surface area contributed by atoms with Crippen LogP contribution in [0.2, 0.25) is 0 Å². The molecule has 1 atom stereocenters. The Morgan fingerprint density at radius 1 is 1.30 bits per heavy atom.